The van der Waals surface area contributed by atoms with Crippen LogP contribution in [-0.2, 0) is 13.6 Å². The summed E-state index contributed by atoms with van der Waals surface area (Å²) >= 11 is 0. The van der Waals surface area contributed by atoms with Crippen LogP contribution in [0.2, 0.25) is 0 Å². The van der Waals surface area contributed by atoms with Gasteiger partial charge in [-0.1, -0.05) is 6.07 Å². The summed E-state index contributed by atoms with van der Waals surface area (Å²) in [6.45, 7) is 3.87. The molecule has 3 rings (SSSR count). The second-order valence-electron chi connectivity index (χ2n) is 5.65. The molecule has 1 aromatic carbocycles. The minimum atomic E-state index is -1.20. The van der Waals surface area contributed by atoms with Crippen molar-refractivity contribution >= 4 is 17.0 Å². The summed E-state index contributed by atoms with van der Waals surface area (Å²) in [6, 6.07) is 7.46. The van der Waals surface area contributed by atoms with Crippen molar-refractivity contribution in [3.63, 3.8) is 0 Å². The zero-order valence-corrected chi connectivity index (χ0v) is 13.2. The molecule has 2 heterocycles. The molecule has 0 saturated heterocycles. The van der Waals surface area contributed by atoms with Crippen molar-refractivity contribution in [2.75, 3.05) is 0 Å². The number of imidazole rings is 1. The Bertz CT molecular complexity index is 983. The van der Waals surface area contributed by atoms with Crippen LogP contribution in [0.1, 0.15) is 27.3 Å². The molecule has 0 spiro atoms. The molecule has 6 nitrogen and oxygen atoms in total. The second-order valence-corrected chi connectivity index (χ2v) is 5.65. The highest BCUT2D eigenvalue weighted by Crippen LogP contribution is 2.17. The molecule has 3 aromatic rings. The van der Waals surface area contributed by atoms with Gasteiger partial charge in [-0.05, 0) is 43.2 Å². The summed E-state index contributed by atoms with van der Waals surface area (Å²) < 4.78 is 3.41. The molecule has 6 heteroatoms. The van der Waals surface area contributed by atoms with E-state index in [1.807, 2.05) is 36.7 Å². The number of benzene rings is 1. The van der Waals surface area contributed by atoms with E-state index in [0.29, 0.717) is 12.1 Å². The van der Waals surface area contributed by atoms with Crippen molar-refractivity contribution in [3.05, 3.63) is 63.3 Å². The van der Waals surface area contributed by atoms with Crippen molar-refractivity contribution in [1.82, 2.24) is 14.1 Å². The first-order chi connectivity index (χ1) is 10.9. The smallest absolute Gasteiger partial charge is 0.341 e. The lowest BCUT2D eigenvalue weighted by molar-refractivity contribution is 0.0693. The van der Waals surface area contributed by atoms with Gasteiger partial charge in [0.15, 0.2) is 0 Å². The molecule has 0 saturated carbocycles. The van der Waals surface area contributed by atoms with Crippen LogP contribution < -0.4 is 5.56 Å². The summed E-state index contributed by atoms with van der Waals surface area (Å²) in [7, 11) is 1.95. The van der Waals surface area contributed by atoms with Gasteiger partial charge in [-0.25, -0.2) is 9.78 Å². The van der Waals surface area contributed by atoms with E-state index >= 15 is 0 Å². The summed E-state index contributed by atoms with van der Waals surface area (Å²) in [5, 5.41) is 9.19. The first-order valence-corrected chi connectivity index (χ1v) is 7.24. The van der Waals surface area contributed by atoms with Gasteiger partial charge in [0.05, 0.1) is 17.6 Å². The lowest BCUT2D eigenvalue weighted by Crippen LogP contribution is -2.27. The lowest BCUT2D eigenvalue weighted by Gasteiger charge is -2.09. The number of carboxylic acids is 1. The third kappa shape index (κ3) is 2.52. The van der Waals surface area contributed by atoms with Gasteiger partial charge in [0.2, 0.25) is 0 Å². The zero-order chi connectivity index (χ0) is 16.7. The van der Waals surface area contributed by atoms with E-state index in [9.17, 15) is 14.7 Å². The lowest BCUT2D eigenvalue weighted by atomic mass is 10.1. The van der Waals surface area contributed by atoms with E-state index in [-0.39, 0.29) is 5.56 Å². The Morgan fingerprint density at radius 2 is 2.00 bits per heavy atom. The standard InChI is InChI=1S/C17H17N3O3/c1-10-6-7-20(16(21)15(10)17(22)23)9-12-4-5-14-13(8-12)18-11(2)19(14)3/h4-8H,9H2,1-3H3,(H,22,23). The quantitative estimate of drug-likeness (QED) is 0.803. The Hall–Kier alpha value is -2.89. The molecule has 0 aliphatic heterocycles. The van der Waals surface area contributed by atoms with Crippen molar-refractivity contribution in [2.45, 2.75) is 20.4 Å². The predicted octanol–water partition coefficient (Wildman–Crippen LogP) is 2.10. The van der Waals surface area contributed by atoms with Crippen LogP contribution in [-0.4, -0.2) is 25.2 Å². The average molecular weight is 311 g/mol. The highest BCUT2D eigenvalue weighted by molar-refractivity contribution is 5.88. The monoisotopic (exact) mass is 311 g/mol. The fourth-order valence-corrected chi connectivity index (χ4v) is 2.71. The largest absolute Gasteiger partial charge is 0.477 e. The maximum atomic E-state index is 12.3. The van der Waals surface area contributed by atoms with Crippen LogP contribution in [0.25, 0.3) is 11.0 Å². The van der Waals surface area contributed by atoms with Crippen LogP contribution in [0.15, 0.2) is 35.3 Å². The molecule has 118 valence electrons. The molecule has 0 bridgehead atoms. The van der Waals surface area contributed by atoms with E-state index in [1.54, 1.807) is 19.2 Å². The summed E-state index contributed by atoms with van der Waals surface area (Å²) in [5.74, 6) is -0.282. The number of rotatable bonds is 3. The molecule has 0 amide bonds. The number of aromatic nitrogens is 3. The number of nitrogens with zero attached hydrogens (tertiary/aromatic N) is 3. The summed E-state index contributed by atoms with van der Waals surface area (Å²) in [5.41, 5.74) is 2.58. The first kappa shape index (κ1) is 15.0. The van der Waals surface area contributed by atoms with Crippen LogP contribution in [0, 0.1) is 13.8 Å². The van der Waals surface area contributed by atoms with Gasteiger partial charge < -0.3 is 14.2 Å². The Balaban J connectivity index is 2.04. The van der Waals surface area contributed by atoms with Gasteiger partial charge in [-0.15, -0.1) is 0 Å². The maximum Gasteiger partial charge on any atom is 0.341 e. The number of aromatic carboxylic acids is 1. The molecule has 0 fully saturated rings. The molecular formula is C17H17N3O3. The summed E-state index contributed by atoms with van der Waals surface area (Å²) in [4.78, 5) is 28.0. The molecule has 1 N–H and O–H groups in total. The van der Waals surface area contributed by atoms with Crippen molar-refractivity contribution in [3.8, 4) is 0 Å². The molecule has 2 aromatic heterocycles. The van der Waals surface area contributed by atoms with Gasteiger partial charge in [0, 0.05) is 13.2 Å². The van der Waals surface area contributed by atoms with Crippen LogP contribution in [0.3, 0.4) is 0 Å². The fraction of sp³-hybridized carbons (Fsp3) is 0.235. The van der Waals surface area contributed by atoms with Crippen molar-refractivity contribution < 1.29 is 9.90 Å². The Labute approximate surface area is 132 Å². The number of pyridine rings is 1. The third-order valence-corrected chi connectivity index (χ3v) is 4.11. The van der Waals surface area contributed by atoms with Crippen molar-refractivity contribution in [1.29, 1.82) is 0 Å². The fourth-order valence-electron chi connectivity index (χ4n) is 2.71. The van der Waals surface area contributed by atoms with E-state index in [2.05, 4.69) is 4.98 Å². The highest BCUT2D eigenvalue weighted by atomic mass is 16.4. The highest BCUT2D eigenvalue weighted by Gasteiger charge is 2.14. The van der Waals surface area contributed by atoms with Gasteiger partial charge in [0.1, 0.15) is 11.4 Å². The Morgan fingerprint density at radius 1 is 1.26 bits per heavy atom. The minimum absolute atomic E-state index is 0.178. The molecule has 0 atom stereocenters. The van der Waals surface area contributed by atoms with Crippen LogP contribution in [0.4, 0.5) is 0 Å². The van der Waals surface area contributed by atoms with E-state index in [1.165, 1.54) is 4.57 Å². The number of hydrogen-bond donors (Lipinski definition) is 1. The molecule has 0 aliphatic rings. The van der Waals surface area contributed by atoms with Gasteiger partial charge in [-0.2, -0.15) is 0 Å². The number of fused-ring (bicyclic) bond motifs is 1. The molecule has 0 unspecified atom stereocenters. The molecule has 23 heavy (non-hydrogen) atoms. The molecule has 0 radical (unpaired) electrons. The van der Waals surface area contributed by atoms with E-state index < -0.39 is 11.5 Å². The predicted molar refractivity (Wildman–Crippen MR) is 87.0 cm³/mol. The zero-order valence-electron chi connectivity index (χ0n) is 13.2. The molecular weight excluding hydrogens is 294 g/mol. The molecule has 0 aliphatic carbocycles. The SMILES string of the molecule is Cc1ccn(Cc2ccc3c(c2)nc(C)n3C)c(=O)c1C(=O)O. The van der Waals surface area contributed by atoms with E-state index in [4.69, 9.17) is 0 Å². The number of aryl methyl sites for hydroxylation is 3. The van der Waals surface area contributed by atoms with Gasteiger partial charge in [-0.3, -0.25) is 4.79 Å². The first-order valence-electron chi connectivity index (χ1n) is 7.24. The number of carboxylic acid groups (broad SMARTS) is 1. The van der Waals surface area contributed by atoms with Crippen LogP contribution in [0.5, 0.6) is 0 Å². The maximum absolute atomic E-state index is 12.3. The normalized spacial score (nSPS) is 11.1. The number of carbonyl (C=O) groups is 1. The minimum Gasteiger partial charge on any atom is -0.477 e. The van der Waals surface area contributed by atoms with Crippen LogP contribution >= 0.6 is 0 Å². The Morgan fingerprint density at radius 3 is 2.70 bits per heavy atom. The van der Waals surface area contributed by atoms with Gasteiger partial charge in [0.25, 0.3) is 5.56 Å². The second kappa shape index (κ2) is 5.39. The average Bonchev–Trinajstić information content (AvgIpc) is 2.76. The topological polar surface area (TPSA) is 77.1 Å². The van der Waals surface area contributed by atoms with Crippen molar-refractivity contribution in [2.24, 2.45) is 7.05 Å². The van der Waals surface area contributed by atoms with E-state index in [0.717, 1.165) is 22.4 Å². The van der Waals surface area contributed by atoms with Gasteiger partial charge >= 0.3 is 5.97 Å². The number of hydrogen-bond acceptors (Lipinski definition) is 3. The Kier molecular flexibility index (Phi) is 3.52. The summed E-state index contributed by atoms with van der Waals surface area (Å²) in [6.07, 6.45) is 1.62. The third-order valence-electron chi connectivity index (χ3n) is 4.11.